The minimum absolute atomic E-state index is 0.0360. The Bertz CT molecular complexity index is 340. The number of thioether (sulfide) groups is 2. The second-order valence-electron chi connectivity index (χ2n) is 4.29. The fraction of sp³-hybridized carbons (Fsp3) is 0.800. The number of β-lactam (4-membered cyclic amide) rings is 1. The van der Waals surface area contributed by atoms with E-state index >= 15 is 0 Å². The topological polar surface area (TPSA) is 83.6 Å². The van der Waals surface area contributed by atoms with Crippen LogP contribution in [-0.2, 0) is 9.59 Å². The molecule has 0 saturated carbocycles. The molecule has 7 heteroatoms. The Hall–Kier alpha value is -0.400. The SMILES string of the molecule is CSCCC(N)C1SC2CC(=O)N2C1C(=O)O. The first kappa shape index (κ1) is 13.0. The highest BCUT2D eigenvalue weighted by atomic mass is 32.2. The molecule has 4 unspecified atom stereocenters. The molecule has 0 aliphatic carbocycles. The van der Waals surface area contributed by atoms with Crippen molar-refractivity contribution < 1.29 is 14.7 Å². The van der Waals surface area contributed by atoms with Crippen LogP contribution in [0.2, 0.25) is 0 Å². The third-order valence-corrected chi connectivity index (χ3v) is 5.48. The standard InChI is InChI=1S/C10H16N2O3S2/c1-16-3-2-5(11)9-8(10(14)15)12-6(13)4-7(12)17-9/h5,7-9H,2-4,11H2,1H3,(H,14,15). The predicted octanol–water partition coefficient (Wildman–Crippen LogP) is 0.194. The van der Waals surface area contributed by atoms with E-state index in [2.05, 4.69) is 0 Å². The molecule has 0 spiro atoms. The van der Waals surface area contributed by atoms with Crippen molar-refractivity contribution in [2.75, 3.05) is 12.0 Å². The van der Waals surface area contributed by atoms with Gasteiger partial charge in [0.15, 0.2) is 0 Å². The van der Waals surface area contributed by atoms with Gasteiger partial charge in [-0.2, -0.15) is 11.8 Å². The molecule has 1 amide bonds. The largest absolute Gasteiger partial charge is 0.480 e. The van der Waals surface area contributed by atoms with Gasteiger partial charge in [0.25, 0.3) is 0 Å². The van der Waals surface area contributed by atoms with Crippen molar-refractivity contribution in [2.45, 2.75) is 35.5 Å². The highest BCUT2D eigenvalue weighted by molar-refractivity contribution is 8.01. The maximum absolute atomic E-state index is 11.4. The van der Waals surface area contributed by atoms with E-state index in [1.54, 1.807) is 23.5 Å². The van der Waals surface area contributed by atoms with Crippen LogP contribution in [0.15, 0.2) is 0 Å². The second kappa shape index (κ2) is 5.07. The van der Waals surface area contributed by atoms with Crippen LogP contribution in [0.25, 0.3) is 0 Å². The van der Waals surface area contributed by atoms with E-state index in [0.717, 1.165) is 12.2 Å². The highest BCUT2D eigenvalue weighted by Gasteiger charge is 2.55. The molecular formula is C10H16N2O3S2. The number of nitrogens with two attached hydrogens (primary N) is 1. The van der Waals surface area contributed by atoms with Crippen molar-refractivity contribution in [3.8, 4) is 0 Å². The molecule has 4 atom stereocenters. The van der Waals surface area contributed by atoms with Crippen LogP contribution >= 0.6 is 23.5 Å². The number of carboxylic acids is 1. The molecule has 2 fully saturated rings. The summed E-state index contributed by atoms with van der Waals surface area (Å²) in [5.74, 6) is -0.0736. The minimum atomic E-state index is -0.933. The maximum atomic E-state index is 11.4. The zero-order valence-electron chi connectivity index (χ0n) is 9.54. The van der Waals surface area contributed by atoms with E-state index in [4.69, 9.17) is 5.73 Å². The van der Waals surface area contributed by atoms with Gasteiger partial charge >= 0.3 is 5.97 Å². The number of carbonyl (C=O) groups excluding carboxylic acids is 1. The van der Waals surface area contributed by atoms with Crippen LogP contribution in [0, 0.1) is 0 Å². The summed E-state index contributed by atoms with van der Waals surface area (Å²) < 4.78 is 0. The van der Waals surface area contributed by atoms with Gasteiger partial charge in [-0.15, -0.1) is 11.8 Å². The Morgan fingerprint density at radius 3 is 3.00 bits per heavy atom. The van der Waals surface area contributed by atoms with E-state index in [0.29, 0.717) is 6.42 Å². The Kier molecular flexibility index (Phi) is 3.89. The number of fused-ring (bicyclic) bond motifs is 1. The van der Waals surface area contributed by atoms with Crippen LogP contribution in [0.5, 0.6) is 0 Å². The zero-order valence-corrected chi connectivity index (χ0v) is 11.2. The molecule has 2 heterocycles. The molecule has 0 radical (unpaired) electrons. The molecule has 0 aromatic rings. The molecule has 0 aromatic carbocycles. The lowest BCUT2D eigenvalue weighted by Gasteiger charge is -2.36. The Morgan fingerprint density at radius 1 is 1.76 bits per heavy atom. The number of carboxylic acid groups (broad SMARTS) is 1. The van der Waals surface area contributed by atoms with Gasteiger partial charge in [0, 0.05) is 6.04 Å². The Morgan fingerprint density at radius 2 is 2.47 bits per heavy atom. The van der Waals surface area contributed by atoms with E-state index in [9.17, 15) is 14.7 Å². The average Bonchev–Trinajstić information content (AvgIpc) is 2.59. The fourth-order valence-corrected chi connectivity index (χ4v) is 4.50. The van der Waals surface area contributed by atoms with Gasteiger partial charge in [0.1, 0.15) is 6.04 Å². The first-order chi connectivity index (χ1) is 8.06. The number of rotatable bonds is 5. The van der Waals surface area contributed by atoms with Crippen molar-refractivity contribution in [1.82, 2.24) is 4.90 Å². The first-order valence-electron chi connectivity index (χ1n) is 5.50. The van der Waals surface area contributed by atoms with E-state index in [-0.39, 0.29) is 22.6 Å². The van der Waals surface area contributed by atoms with Crippen LogP contribution in [-0.4, -0.2) is 56.6 Å². The summed E-state index contributed by atoms with van der Waals surface area (Å²) in [5, 5.41) is 9.10. The summed E-state index contributed by atoms with van der Waals surface area (Å²) in [6.45, 7) is 0. The normalized spacial score (nSPS) is 33.2. The van der Waals surface area contributed by atoms with E-state index in [1.807, 2.05) is 6.26 Å². The molecule has 2 saturated heterocycles. The van der Waals surface area contributed by atoms with Gasteiger partial charge in [-0.3, -0.25) is 4.79 Å². The number of amides is 1. The lowest BCUT2D eigenvalue weighted by Crippen LogP contribution is -2.57. The highest BCUT2D eigenvalue weighted by Crippen LogP contribution is 2.45. The van der Waals surface area contributed by atoms with Gasteiger partial charge in [0.05, 0.1) is 17.0 Å². The Labute approximate surface area is 108 Å². The van der Waals surface area contributed by atoms with E-state index < -0.39 is 12.0 Å². The molecule has 2 aliphatic heterocycles. The van der Waals surface area contributed by atoms with Gasteiger partial charge in [0.2, 0.25) is 5.91 Å². The average molecular weight is 276 g/mol. The summed E-state index contributed by atoms with van der Waals surface area (Å²) in [7, 11) is 0. The molecule has 17 heavy (non-hydrogen) atoms. The van der Waals surface area contributed by atoms with Crippen molar-refractivity contribution >= 4 is 35.4 Å². The summed E-state index contributed by atoms with van der Waals surface area (Å²) in [6, 6.07) is -0.893. The number of aliphatic carboxylic acids is 1. The molecule has 5 nitrogen and oxygen atoms in total. The maximum Gasteiger partial charge on any atom is 0.327 e. The molecule has 0 aromatic heterocycles. The van der Waals surface area contributed by atoms with E-state index in [1.165, 1.54) is 4.90 Å². The third-order valence-electron chi connectivity index (χ3n) is 3.20. The zero-order chi connectivity index (χ0) is 12.6. The van der Waals surface area contributed by atoms with Crippen molar-refractivity contribution in [3.05, 3.63) is 0 Å². The minimum Gasteiger partial charge on any atom is -0.480 e. The van der Waals surface area contributed by atoms with Crippen LogP contribution in [0.4, 0.5) is 0 Å². The summed E-state index contributed by atoms with van der Waals surface area (Å²) >= 11 is 3.25. The molecule has 2 aliphatic rings. The summed E-state index contributed by atoms with van der Waals surface area (Å²) in [6.07, 6.45) is 3.25. The molecular weight excluding hydrogens is 260 g/mol. The molecule has 3 N–H and O–H groups in total. The second-order valence-corrected chi connectivity index (χ2v) is 6.64. The molecule has 96 valence electrons. The quantitative estimate of drug-likeness (QED) is 0.698. The van der Waals surface area contributed by atoms with Gasteiger partial charge in [-0.25, -0.2) is 4.79 Å². The predicted molar refractivity (Wildman–Crippen MR) is 69.0 cm³/mol. The van der Waals surface area contributed by atoms with Gasteiger partial charge < -0.3 is 15.7 Å². The Balaban J connectivity index is 2.06. The summed E-state index contributed by atoms with van der Waals surface area (Å²) in [4.78, 5) is 24.2. The van der Waals surface area contributed by atoms with Crippen molar-refractivity contribution in [2.24, 2.45) is 5.73 Å². The van der Waals surface area contributed by atoms with Crippen molar-refractivity contribution in [3.63, 3.8) is 0 Å². The van der Waals surface area contributed by atoms with Crippen LogP contribution in [0.1, 0.15) is 12.8 Å². The van der Waals surface area contributed by atoms with Gasteiger partial charge in [-0.05, 0) is 18.4 Å². The lowest BCUT2D eigenvalue weighted by molar-refractivity contribution is -0.156. The number of hydrogen-bond acceptors (Lipinski definition) is 5. The number of carbonyl (C=O) groups is 2. The monoisotopic (exact) mass is 276 g/mol. The van der Waals surface area contributed by atoms with Crippen LogP contribution < -0.4 is 5.73 Å². The number of hydrogen-bond donors (Lipinski definition) is 2. The first-order valence-corrected chi connectivity index (χ1v) is 7.84. The van der Waals surface area contributed by atoms with Crippen molar-refractivity contribution in [1.29, 1.82) is 0 Å². The fourth-order valence-electron chi connectivity index (χ4n) is 2.28. The lowest BCUT2D eigenvalue weighted by atomic mass is 10.0. The molecule has 2 rings (SSSR count). The smallest absolute Gasteiger partial charge is 0.327 e. The van der Waals surface area contributed by atoms with Gasteiger partial charge in [-0.1, -0.05) is 0 Å². The van der Waals surface area contributed by atoms with Crippen LogP contribution in [0.3, 0.4) is 0 Å². The molecule has 0 bridgehead atoms. The summed E-state index contributed by atoms with van der Waals surface area (Å²) in [5.41, 5.74) is 6.06. The number of nitrogens with zero attached hydrogens (tertiary/aromatic N) is 1. The third kappa shape index (κ3) is 2.28.